The molecule has 0 aliphatic carbocycles. The first-order valence-corrected chi connectivity index (χ1v) is 8.90. The third-order valence-corrected chi connectivity index (χ3v) is 4.75. The van der Waals surface area contributed by atoms with Gasteiger partial charge in [-0.2, -0.15) is 0 Å². The van der Waals surface area contributed by atoms with E-state index in [0.717, 1.165) is 22.3 Å². The Morgan fingerprint density at radius 1 is 0.964 bits per heavy atom. The number of carbonyl (C=O) groups is 1. The largest absolute Gasteiger partial charge is 0.497 e. The van der Waals surface area contributed by atoms with Crippen LogP contribution in [-0.2, 0) is 4.74 Å². The van der Waals surface area contributed by atoms with Crippen molar-refractivity contribution in [3.63, 3.8) is 0 Å². The summed E-state index contributed by atoms with van der Waals surface area (Å²) in [4.78, 5) is 16.3. The van der Waals surface area contributed by atoms with Crippen molar-refractivity contribution in [3.05, 3.63) is 78.0 Å². The van der Waals surface area contributed by atoms with Crippen LogP contribution in [0.1, 0.15) is 23.3 Å². The quantitative estimate of drug-likeness (QED) is 0.719. The number of nitrogens with one attached hydrogen (secondary N) is 1. The molecule has 1 amide bonds. The Morgan fingerprint density at radius 3 is 2.61 bits per heavy atom. The summed E-state index contributed by atoms with van der Waals surface area (Å²) in [6, 6.07) is 19.0. The van der Waals surface area contributed by atoms with Gasteiger partial charge in [0.2, 0.25) is 5.88 Å². The molecule has 1 N–H and O–H groups in total. The van der Waals surface area contributed by atoms with Gasteiger partial charge in [-0.05, 0) is 47.0 Å². The lowest BCUT2D eigenvalue weighted by Gasteiger charge is -2.19. The van der Waals surface area contributed by atoms with E-state index in [1.165, 1.54) is 0 Å². The minimum absolute atomic E-state index is 0.317. The zero-order chi connectivity index (χ0) is 19.5. The number of methoxy groups -OCH3 is 2. The van der Waals surface area contributed by atoms with Crippen molar-refractivity contribution in [3.8, 4) is 22.8 Å². The summed E-state index contributed by atoms with van der Waals surface area (Å²) >= 11 is 0. The number of ether oxygens (including phenoxy) is 3. The van der Waals surface area contributed by atoms with Gasteiger partial charge in [-0.25, -0.2) is 9.78 Å². The molecule has 2 atom stereocenters. The Morgan fingerprint density at radius 2 is 1.79 bits per heavy atom. The fraction of sp³-hybridized carbons (Fsp3) is 0.182. The van der Waals surface area contributed by atoms with E-state index in [4.69, 9.17) is 14.2 Å². The van der Waals surface area contributed by atoms with Crippen LogP contribution in [-0.4, -0.2) is 25.3 Å². The Bertz CT molecular complexity index is 1010. The highest BCUT2D eigenvalue weighted by molar-refractivity contribution is 5.73. The van der Waals surface area contributed by atoms with E-state index in [0.29, 0.717) is 11.6 Å². The first-order valence-electron chi connectivity index (χ1n) is 8.90. The van der Waals surface area contributed by atoms with Crippen LogP contribution in [0, 0.1) is 0 Å². The number of benzene rings is 2. The molecular formula is C22H20N2O4. The van der Waals surface area contributed by atoms with Gasteiger partial charge in [0.05, 0.1) is 20.3 Å². The molecule has 1 aliphatic rings. The van der Waals surface area contributed by atoms with Gasteiger partial charge in [0.15, 0.2) is 6.10 Å². The van der Waals surface area contributed by atoms with Gasteiger partial charge in [-0.15, -0.1) is 0 Å². The van der Waals surface area contributed by atoms with Crippen LogP contribution in [0.5, 0.6) is 11.6 Å². The number of rotatable bonds is 5. The van der Waals surface area contributed by atoms with Gasteiger partial charge in [-0.1, -0.05) is 30.3 Å². The van der Waals surface area contributed by atoms with Crippen LogP contribution >= 0.6 is 0 Å². The third-order valence-electron chi connectivity index (χ3n) is 4.75. The molecule has 3 aromatic rings. The normalized spacial score (nSPS) is 18.3. The molecule has 0 spiro atoms. The minimum atomic E-state index is -0.450. The Labute approximate surface area is 163 Å². The fourth-order valence-corrected chi connectivity index (χ4v) is 3.43. The zero-order valence-electron chi connectivity index (χ0n) is 15.6. The van der Waals surface area contributed by atoms with Crippen LogP contribution in [0.25, 0.3) is 11.1 Å². The molecule has 0 radical (unpaired) electrons. The van der Waals surface area contributed by atoms with E-state index >= 15 is 0 Å². The topological polar surface area (TPSA) is 69.7 Å². The molecule has 142 valence electrons. The van der Waals surface area contributed by atoms with Crippen molar-refractivity contribution in [2.45, 2.75) is 12.1 Å². The van der Waals surface area contributed by atoms with Crippen LogP contribution in [0.4, 0.5) is 4.79 Å². The smallest absolute Gasteiger partial charge is 0.408 e. The summed E-state index contributed by atoms with van der Waals surface area (Å²) in [6.07, 6.45) is 0.798. The maximum absolute atomic E-state index is 12.0. The number of hydrogen-bond acceptors (Lipinski definition) is 5. The SMILES string of the molecule is COc1cccc([C@H]2OC(=O)N[C@@H]2c2cccc(-c3cccnc3OC)c2)c1. The number of cyclic esters (lactones) is 1. The predicted octanol–water partition coefficient (Wildman–Crippen LogP) is 4.29. The zero-order valence-corrected chi connectivity index (χ0v) is 15.6. The highest BCUT2D eigenvalue weighted by atomic mass is 16.6. The molecule has 2 aromatic carbocycles. The third kappa shape index (κ3) is 3.36. The predicted molar refractivity (Wildman–Crippen MR) is 104 cm³/mol. The van der Waals surface area contributed by atoms with Crippen LogP contribution in [0.3, 0.4) is 0 Å². The molecule has 28 heavy (non-hydrogen) atoms. The number of amides is 1. The van der Waals surface area contributed by atoms with Crippen molar-refractivity contribution in [1.29, 1.82) is 0 Å². The molecule has 4 rings (SSSR count). The lowest BCUT2D eigenvalue weighted by molar-refractivity contribution is 0.132. The first-order chi connectivity index (χ1) is 13.7. The Hall–Kier alpha value is -3.54. The van der Waals surface area contributed by atoms with Gasteiger partial charge in [0, 0.05) is 11.8 Å². The van der Waals surface area contributed by atoms with Gasteiger partial charge in [0.25, 0.3) is 0 Å². The van der Waals surface area contributed by atoms with E-state index < -0.39 is 12.2 Å². The summed E-state index contributed by atoms with van der Waals surface area (Å²) in [5.74, 6) is 1.27. The standard InChI is InChI=1S/C22H20N2O4/c1-26-17-9-4-8-16(13-17)20-19(24-22(25)28-20)15-7-3-6-14(12-15)18-10-5-11-23-21(18)27-2/h3-13,19-20H,1-2H3,(H,24,25)/t19-,20-/m1/s1. The summed E-state index contributed by atoms with van der Waals surface area (Å²) in [5, 5.41) is 2.91. The first kappa shape index (κ1) is 17.9. The van der Waals surface area contributed by atoms with E-state index in [1.54, 1.807) is 20.4 Å². The van der Waals surface area contributed by atoms with E-state index in [-0.39, 0.29) is 6.04 Å². The minimum Gasteiger partial charge on any atom is -0.497 e. The van der Waals surface area contributed by atoms with Crippen molar-refractivity contribution in [2.75, 3.05) is 14.2 Å². The molecule has 6 nitrogen and oxygen atoms in total. The molecular weight excluding hydrogens is 356 g/mol. The second-order valence-corrected chi connectivity index (χ2v) is 6.41. The second kappa shape index (κ2) is 7.60. The maximum atomic E-state index is 12.0. The molecule has 0 bridgehead atoms. The summed E-state index contributed by atoms with van der Waals surface area (Å²) < 4.78 is 16.2. The molecule has 6 heteroatoms. The number of hydrogen-bond donors (Lipinski definition) is 1. The molecule has 0 unspecified atom stereocenters. The molecule has 1 aromatic heterocycles. The lowest BCUT2D eigenvalue weighted by atomic mass is 9.94. The van der Waals surface area contributed by atoms with Gasteiger partial charge < -0.3 is 19.5 Å². The average Bonchev–Trinajstić information content (AvgIpc) is 3.15. The second-order valence-electron chi connectivity index (χ2n) is 6.41. The van der Waals surface area contributed by atoms with Crippen molar-refractivity contribution in [2.24, 2.45) is 0 Å². The molecule has 1 fully saturated rings. The number of nitrogens with zero attached hydrogens (tertiary/aromatic N) is 1. The van der Waals surface area contributed by atoms with Gasteiger partial charge in [-0.3, -0.25) is 0 Å². The molecule has 1 aliphatic heterocycles. The van der Waals surface area contributed by atoms with Gasteiger partial charge >= 0.3 is 6.09 Å². The summed E-state index contributed by atoms with van der Waals surface area (Å²) in [7, 11) is 3.21. The molecule has 0 saturated carbocycles. The monoisotopic (exact) mass is 376 g/mol. The lowest BCUT2D eigenvalue weighted by Crippen LogP contribution is -2.19. The number of carbonyl (C=O) groups excluding carboxylic acids is 1. The van der Waals surface area contributed by atoms with Crippen molar-refractivity contribution in [1.82, 2.24) is 10.3 Å². The highest BCUT2D eigenvalue weighted by Crippen LogP contribution is 2.39. The van der Waals surface area contributed by atoms with Crippen LogP contribution < -0.4 is 14.8 Å². The van der Waals surface area contributed by atoms with Crippen LogP contribution in [0.15, 0.2) is 66.9 Å². The summed E-state index contributed by atoms with van der Waals surface area (Å²) in [6.45, 7) is 0. The number of alkyl carbamates (subject to hydrolysis) is 1. The average molecular weight is 376 g/mol. The number of aromatic nitrogens is 1. The van der Waals surface area contributed by atoms with E-state index in [1.807, 2.05) is 60.7 Å². The van der Waals surface area contributed by atoms with Crippen molar-refractivity contribution >= 4 is 6.09 Å². The molecule has 2 heterocycles. The Kier molecular flexibility index (Phi) is 4.85. The van der Waals surface area contributed by atoms with Crippen molar-refractivity contribution < 1.29 is 19.0 Å². The maximum Gasteiger partial charge on any atom is 0.408 e. The highest BCUT2D eigenvalue weighted by Gasteiger charge is 2.36. The Balaban J connectivity index is 1.72. The number of pyridine rings is 1. The molecule has 1 saturated heterocycles. The van der Waals surface area contributed by atoms with E-state index in [2.05, 4.69) is 10.3 Å². The van der Waals surface area contributed by atoms with Gasteiger partial charge in [0.1, 0.15) is 5.75 Å². The van der Waals surface area contributed by atoms with E-state index in [9.17, 15) is 4.79 Å². The van der Waals surface area contributed by atoms with Crippen LogP contribution in [0.2, 0.25) is 0 Å². The fourth-order valence-electron chi connectivity index (χ4n) is 3.43. The summed E-state index contributed by atoms with van der Waals surface area (Å²) in [5.41, 5.74) is 3.64.